The van der Waals surface area contributed by atoms with Gasteiger partial charge < -0.3 is 10.2 Å². The predicted octanol–water partition coefficient (Wildman–Crippen LogP) is 1.94. The van der Waals surface area contributed by atoms with E-state index in [1.165, 1.54) is 6.07 Å². The molecular weight excluding hydrogens is 223 g/mol. The quantitative estimate of drug-likeness (QED) is 0.475. The first-order valence-corrected chi connectivity index (χ1v) is 4.60. The Morgan fingerprint density at radius 1 is 1.67 bits per heavy atom. The summed E-state index contributed by atoms with van der Waals surface area (Å²) in [6, 6.07) is 2.41. The van der Waals surface area contributed by atoms with Crippen LogP contribution in [-0.4, -0.2) is 12.6 Å². The lowest BCUT2D eigenvalue weighted by molar-refractivity contribution is 0.0526. The standard InChI is InChI=1S/C9H10ClFN2O2/c1-2-15-9(14)6-3-5(13-12)4-7(11)8(6)10/h3-4,13H,2,12H2,1H3. The number of benzene rings is 1. The smallest absolute Gasteiger partial charge is 0.339 e. The summed E-state index contributed by atoms with van der Waals surface area (Å²) in [7, 11) is 0. The van der Waals surface area contributed by atoms with Crippen molar-refractivity contribution in [3.8, 4) is 0 Å². The van der Waals surface area contributed by atoms with Gasteiger partial charge in [0.15, 0.2) is 0 Å². The third-order valence-electron chi connectivity index (χ3n) is 1.69. The molecule has 4 nitrogen and oxygen atoms in total. The first-order valence-electron chi connectivity index (χ1n) is 4.23. The van der Waals surface area contributed by atoms with E-state index in [0.29, 0.717) is 0 Å². The van der Waals surface area contributed by atoms with Gasteiger partial charge in [-0.05, 0) is 19.1 Å². The minimum absolute atomic E-state index is 0.0496. The lowest BCUT2D eigenvalue weighted by Gasteiger charge is -2.07. The van der Waals surface area contributed by atoms with Crippen LogP contribution in [-0.2, 0) is 4.74 Å². The molecule has 0 radical (unpaired) electrons. The number of hydrogen-bond acceptors (Lipinski definition) is 4. The van der Waals surface area contributed by atoms with E-state index in [0.717, 1.165) is 6.07 Å². The fraction of sp³-hybridized carbons (Fsp3) is 0.222. The number of carbonyl (C=O) groups is 1. The van der Waals surface area contributed by atoms with Crippen LogP contribution in [0.25, 0.3) is 0 Å². The molecule has 0 aromatic heterocycles. The molecule has 0 atom stereocenters. The summed E-state index contributed by atoms with van der Waals surface area (Å²) in [6.45, 7) is 1.84. The zero-order valence-electron chi connectivity index (χ0n) is 8.01. The van der Waals surface area contributed by atoms with E-state index in [-0.39, 0.29) is 22.9 Å². The van der Waals surface area contributed by atoms with Crippen LogP contribution in [0.5, 0.6) is 0 Å². The second-order valence-electron chi connectivity index (χ2n) is 2.68. The number of nitrogen functional groups attached to an aromatic ring is 1. The van der Waals surface area contributed by atoms with Gasteiger partial charge in [-0.25, -0.2) is 9.18 Å². The molecule has 0 saturated heterocycles. The Balaban J connectivity index is 3.15. The monoisotopic (exact) mass is 232 g/mol. The molecule has 0 amide bonds. The van der Waals surface area contributed by atoms with E-state index < -0.39 is 11.8 Å². The Labute approximate surface area is 91.1 Å². The zero-order valence-corrected chi connectivity index (χ0v) is 8.77. The van der Waals surface area contributed by atoms with Gasteiger partial charge in [0.1, 0.15) is 5.82 Å². The molecular formula is C9H10ClFN2O2. The highest BCUT2D eigenvalue weighted by Crippen LogP contribution is 2.24. The topological polar surface area (TPSA) is 64.3 Å². The van der Waals surface area contributed by atoms with Crippen molar-refractivity contribution >= 4 is 23.3 Å². The van der Waals surface area contributed by atoms with Crippen LogP contribution in [0.1, 0.15) is 17.3 Å². The average molecular weight is 233 g/mol. The highest BCUT2D eigenvalue weighted by molar-refractivity contribution is 6.33. The van der Waals surface area contributed by atoms with Gasteiger partial charge in [0.2, 0.25) is 0 Å². The van der Waals surface area contributed by atoms with Crippen molar-refractivity contribution in [2.24, 2.45) is 5.84 Å². The molecule has 3 N–H and O–H groups in total. The molecule has 1 aromatic rings. The minimum atomic E-state index is -0.727. The summed E-state index contributed by atoms with van der Waals surface area (Å²) in [5, 5.41) is -0.271. The number of nitrogens with two attached hydrogens (primary N) is 1. The van der Waals surface area contributed by atoms with Gasteiger partial charge in [-0.1, -0.05) is 11.6 Å². The van der Waals surface area contributed by atoms with Gasteiger partial charge in [0.25, 0.3) is 0 Å². The Bertz CT molecular complexity index is 385. The highest BCUT2D eigenvalue weighted by atomic mass is 35.5. The van der Waals surface area contributed by atoms with Crippen molar-refractivity contribution in [3.05, 3.63) is 28.5 Å². The van der Waals surface area contributed by atoms with Gasteiger partial charge in [0, 0.05) is 0 Å². The lowest BCUT2D eigenvalue weighted by Crippen LogP contribution is -2.11. The number of carbonyl (C=O) groups excluding carboxylic acids is 1. The third-order valence-corrected chi connectivity index (χ3v) is 2.07. The molecule has 0 spiro atoms. The van der Waals surface area contributed by atoms with Crippen LogP contribution < -0.4 is 11.3 Å². The number of anilines is 1. The van der Waals surface area contributed by atoms with Crippen LogP contribution >= 0.6 is 11.6 Å². The fourth-order valence-corrected chi connectivity index (χ4v) is 1.22. The van der Waals surface area contributed by atoms with Gasteiger partial charge in [-0.15, -0.1) is 0 Å². The number of nitrogens with one attached hydrogen (secondary N) is 1. The van der Waals surface area contributed by atoms with E-state index >= 15 is 0 Å². The van der Waals surface area contributed by atoms with Crippen LogP contribution in [0, 0.1) is 5.82 Å². The summed E-state index contributed by atoms with van der Waals surface area (Å²) >= 11 is 5.61. The van der Waals surface area contributed by atoms with Crippen LogP contribution in [0.3, 0.4) is 0 Å². The first kappa shape index (κ1) is 11.7. The second-order valence-corrected chi connectivity index (χ2v) is 3.06. The molecule has 0 bridgehead atoms. The highest BCUT2D eigenvalue weighted by Gasteiger charge is 2.16. The third kappa shape index (κ3) is 2.57. The van der Waals surface area contributed by atoms with Crippen molar-refractivity contribution < 1.29 is 13.9 Å². The molecule has 0 aliphatic carbocycles. The predicted molar refractivity (Wildman–Crippen MR) is 55.2 cm³/mol. The van der Waals surface area contributed by atoms with Crippen molar-refractivity contribution in [1.82, 2.24) is 0 Å². The SMILES string of the molecule is CCOC(=O)c1cc(NN)cc(F)c1Cl. The van der Waals surface area contributed by atoms with Gasteiger partial charge in [0.05, 0.1) is 22.9 Å². The Kier molecular flexibility index (Phi) is 3.88. The number of halogens is 2. The Morgan fingerprint density at radius 2 is 2.33 bits per heavy atom. The largest absolute Gasteiger partial charge is 0.462 e. The number of ether oxygens (including phenoxy) is 1. The maximum Gasteiger partial charge on any atom is 0.339 e. The normalized spacial score (nSPS) is 9.87. The van der Waals surface area contributed by atoms with Gasteiger partial charge in [-0.2, -0.15) is 0 Å². The van der Waals surface area contributed by atoms with Crippen LogP contribution in [0.15, 0.2) is 12.1 Å². The summed E-state index contributed by atoms with van der Waals surface area (Å²) < 4.78 is 17.9. The zero-order chi connectivity index (χ0) is 11.4. The molecule has 0 aliphatic rings. The summed E-state index contributed by atoms with van der Waals surface area (Å²) in [4.78, 5) is 11.3. The van der Waals surface area contributed by atoms with Crippen LogP contribution in [0.4, 0.5) is 10.1 Å². The first-order chi connectivity index (χ1) is 7.10. The molecule has 1 rings (SSSR count). The van der Waals surface area contributed by atoms with Crippen molar-refractivity contribution in [2.75, 3.05) is 12.0 Å². The summed E-state index contributed by atoms with van der Waals surface area (Å²) in [5.74, 6) is 3.69. The minimum Gasteiger partial charge on any atom is -0.462 e. The number of esters is 1. The van der Waals surface area contributed by atoms with Crippen molar-refractivity contribution in [1.29, 1.82) is 0 Å². The Morgan fingerprint density at radius 3 is 2.87 bits per heavy atom. The van der Waals surface area contributed by atoms with E-state index in [1.807, 2.05) is 0 Å². The average Bonchev–Trinajstić information content (AvgIpc) is 2.22. The molecule has 6 heteroatoms. The number of rotatable bonds is 3. The second kappa shape index (κ2) is 4.95. The van der Waals surface area contributed by atoms with E-state index in [2.05, 4.69) is 5.43 Å². The molecule has 0 heterocycles. The molecule has 82 valence electrons. The molecule has 0 unspecified atom stereocenters. The lowest BCUT2D eigenvalue weighted by atomic mass is 10.2. The maximum atomic E-state index is 13.2. The number of hydrazine groups is 1. The van der Waals surface area contributed by atoms with E-state index in [1.54, 1.807) is 6.92 Å². The molecule has 1 aromatic carbocycles. The summed E-state index contributed by atoms with van der Waals surface area (Å²) in [5.41, 5.74) is 2.43. The van der Waals surface area contributed by atoms with Gasteiger partial charge in [-0.3, -0.25) is 5.84 Å². The molecule has 15 heavy (non-hydrogen) atoms. The fourth-order valence-electron chi connectivity index (χ4n) is 1.03. The summed E-state index contributed by atoms with van der Waals surface area (Å²) in [6.07, 6.45) is 0. The molecule has 0 aliphatic heterocycles. The van der Waals surface area contributed by atoms with E-state index in [4.69, 9.17) is 22.2 Å². The van der Waals surface area contributed by atoms with Gasteiger partial charge >= 0.3 is 5.97 Å². The van der Waals surface area contributed by atoms with Crippen molar-refractivity contribution in [2.45, 2.75) is 6.92 Å². The molecule has 0 saturated carbocycles. The maximum absolute atomic E-state index is 13.2. The van der Waals surface area contributed by atoms with Crippen molar-refractivity contribution in [3.63, 3.8) is 0 Å². The van der Waals surface area contributed by atoms with E-state index in [9.17, 15) is 9.18 Å². The molecule has 0 fully saturated rings. The van der Waals surface area contributed by atoms with Crippen LogP contribution in [0.2, 0.25) is 5.02 Å². The Hall–Kier alpha value is -1.33. The number of hydrogen-bond donors (Lipinski definition) is 2.